The van der Waals surface area contributed by atoms with Crippen molar-refractivity contribution in [2.75, 3.05) is 18.5 Å². The zero-order chi connectivity index (χ0) is 24.5. The molecule has 0 amide bonds. The zero-order valence-electron chi connectivity index (χ0n) is 17.1. The van der Waals surface area contributed by atoms with E-state index in [1.165, 1.54) is 0 Å². The molecule has 0 bridgehead atoms. The van der Waals surface area contributed by atoms with Gasteiger partial charge in [-0.2, -0.15) is 0 Å². The fraction of sp³-hybridized carbons (Fsp3) is 0.333. The first kappa shape index (κ1) is 28.1. The van der Waals surface area contributed by atoms with E-state index in [9.17, 15) is 0 Å². The zero-order valence-corrected chi connectivity index (χ0v) is 31.7. The molecule has 0 aliphatic carbocycles. The van der Waals surface area contributed by atoms with Crippen molar-refractivity contribution in [2.45, 2.75) is 20.8 Å². The molecule has 2 heterocycles. The van der Waals surface area contributed by atoms with Gasteiger partial charge in [0.05, 0.1) is 0 Å². The van der Waals surface area contributed by atoms with Gasteiger partial charge in [0.2, 0.25) is 0 Å². The van der Waals surface area contributed by atoms with Crippen molar-refractivity contribution in [3.8, 4) is 23.0 Å². The van der Waals surface area contributed by atoms with Crippen molar-refractivity contribution in [3.05, 3.63) is 35.8 Å². The van der Waals surface area contributed by atoms with Gasteiger partial charge in [0, 0.05) is 0 Å². The van der Waals surface area contributed by atoms with E-state index in [4.69, 9.17) is 21.9 Å². The molecule has 2 aromatic carbocycles. The maximum absolute atomic E-state index is 6.96. The summed E-state index contributed by atoms with van der Waals surface area (Å²) in [4.78, 5) is 0. The van der Waals surface area contributed by atoms with Gasteiger partial charge in [-0.3, -0.25) is 0 Å². The average molecular weight is 1010 g/mol. The fourth-order valence-electron chi connectivity index (χ4n) is 3.59. The van der Waals surface area contributed by atoms with Gasteiger partial charge in [0.1, 0.15) is 0 Å². The van der Waals surface area contributed by atoms with E-state index in [0.717, 1.165) is 36.4 Å². The first-order chi connectivity index (χ1) is 15.4. The van der Waals surface area contributed by atoms with E-state index in [1.807, 2.05) is 0 Å². The third kappa shape index (κ3) is 4.32. The molecule has 33 heavy (non-hydrogen) atoms. The van der Waals surface area contributed by atoms with Gasteiger partial charge in [-0.25, -0.2) is 0 Å². The quantitative estimate of drug-likeness (QED) is 0.129. The number of benzene rings is 2. The summed E-state index contributed by atoms with van der Waals surface area (Å²) < 4.78 is 39.1. The molecule has 0 fully saturated rings. The molecule has 0 atom stereocenters. The SMILES string of the molecule is CC[P+](CC)(CC)O[Si-]12(Oc3c(Br)c(Br)c(Br)c(Br)c3O1)Oc1c(Br)c(Br)c(Br)c(Br)c1O2. The van der Waals surface area contributed by atoms with E-state index in [-0.39, 0.29) is 0 Å². The summed E-state index contributed by atoms with van der Waals surface area (Å²) >= 11 is 28.8. The third-order valence-electron chi connectivity index (χ3n) is 5.51. The molecule has 2 aliphatic rings. The molecule has 0 aromatic heterocycles. The summed E-state index contributed by atoms with van der Waals surface area (Å²) in [6.45, 7) is 6.35. The summed E-state index contributed by atoms with van der Waals surface area (Å²) in [6, 6.07) is 0. The van der Waals surface area contributed by atoms with Crippen molar-refractivity contribution >= 4 is 143 Å². The fourth-order valence-corrected chi connectivity index (χ4v) is 17.0. The standard InChI is InChI=1S/C18H15Br8O5PSi/c1-4-32(5-2,6-3)31-33(27-15-11(23)7(19)8(20)12(24)16(15)28-33)29-17-13(25)9(21)10(22)14(26)18(17)30-33/h4-6H2,1-3H3. The van der Waals surface area contributed by atoms with Crippen LogP contribution in [0.15, 0.2) is 35.8 Å². The van der Waals surface area contributed by atoms with E-state index < -0.39 is 16.1 Å². The normalized spacial score (nSPS) is 18.5. The second-order valence-corrected chi connectivity index (χ2v) is 20.7. The van der Waals surface area contributed by atoms with Crippen LogP contribution < -0.4 is 17.7 Å². The monoisotopic (exact) mass is 1000 g/mol. The third-order valence-corrected chi connectivity index (χ3v) is 23.3. The van der Waals surface area contributed by atoms with Gasteiger partial charge in [0.25, 0.3) is 0 Å². The Hall–Kier alpha value is 2.09. The first-order valence-corrected chi connectivity index (χ1v) is 20.2. The topological polar surface area (TPSA) is 46.2 Å². The van der Waals surface area contributed by atoms with Gasteiger partial charge in [-0.15, -0.1) is 0 Å². The maximum atomic E-state index is 6.96. The predicted octanol–water partition coefficient (Wildman–Crippen LogP) is 10.9. The van der Waals surface area contributed by atoms with Crippen molar-refractivity contribution in [2.24, 2.45) is 0 Å². The minimum absolute atomic E-state index is 0.435. The molecule has 15 heteroatoms. The molecular weight excluding hydrogens is 994 g/mol. The van der Waals surface area contributed by atoms with Crippen LogP contribution in [-0.2, 0) is 4.21 Å². The Bertz CT molecular complexity index is 1020. The molecule has 1 spiro atoms. The molecule has 182 valence electrons. The molecule has 5 nitrogen and oxygen atoms in total. The Morgan fingerprint density at radius 2 is 0.758 bits per heavy atom. The Kier molecular flexibility index (Phi) is 8.24. The van der Waals surface area contributed by atoms with Gasteiger partial charge >= 0.3 is 263 Å². The van der Waals surface area contributed by atoms with Gasteiger partial charge in [-0.05, 0) is 0 Å². The van der Waals surface area contributed by atoms with E-state index in [2.05, 4.69) is 148 Å². The van der Waals surface area contributed by atoms with Crippen molar-refractivity contribution in [1.29, 1.82) is 0 Å². The van der Waals surface area contributed by atoms with Crippen LogP contribution in [0.25, 0.3) is 0 Å². The van der Waals surface area contributed by atoms with Gasteiger partial charge in [0.15, 0.2) is 0 Å². The summed E-state index contributed by atoms with van der Waals surface area (Å²) in [5, 5.41) is 0. The second kappa shape index (κ2) is 9.68. The van der Waals surface area contributed by atoms with Crippen molar-refractivity contribution < 1.29 is 21.9 Å². The minimum atomic E-state index is -5.05. The van der Waals surface area contributed by atoms with Gasteiger partial charge in [-0.1, -0.05) is 0 Å². The van der Waals surface area contributed by atoms with Crippen molar-refractivity contribution in [3.63, 3.8) is 0 Å². The molecule has 0 radical (unpaired) electrons. The van der Waals surface area contributed by atoms with Crippen LogP contribution >= 0.6 is 135 Å². The van der Waals surface area contributed by atoms with Crippen LogP contribution in [0.4, 0.5) is 0 Å². The number of rotatable bonds is 5. The van der Waals surface area contributed by atoms with E-state index in [1.54, 1.807) is 0 Å². The summed E-state index contributed by atoms with van der Waals surface area (Å²) in [7, 11) is -7.06. The Labute approximate surface area is 260 Å². The average Bonchev–Trinajstić information content (AvgIpc) is 3.33. The van der Waals surface area contributed by atoms with Crippen LogP contribution in [0.3, 0.4) is 0 Å². The number of hydrogen-bond acceptors (Lipinski definition) is 5. The molecule has 4 rings (SSSR count). The molecule has 0 saturated carbocycles. The van der Waals surface area contributed by atoms with Crippen LogP contribution in [-0.4, -0.2) is 27.1 Å². The molecule has 2 aromatic rings. The number of halogens is 8. The predicted molar refractivity (Wildman–Crippen MR) is 162 cm³/mol. The summed E-state index contributed by atoms with van der Waals surface area (Å²) in [5.41, 5.74) is 0. The van der Waals surface area contributed by atoms with Crippen LogP contribution in [0.2, 0.25) is 0 Å². The number of fused-ring (bicyclic) bond motifs is 2. The number of hydrogen-bond donors (Lipinski definition) is 0. The summed E-state index contributed by atoms with van der Waals surface area (Å²) in [5.74, 6) is 1.74. The van der Waals surface area contributed by atoms with Crippen LogP contribution in [0, 0.1) is 0 Å². The Morgan fingerprint density at radius 3 is 0.970 bits per heavy atom. The second-order valence-electron chi connectivity index (χ2n) is 7.17. The van der Waals surface area contributed by atoms with Gasteiger partial charge < -0.3 is 0 Å². The van der Waals surface area contributed by atoms with E-state index in [0.29, 0.717) is 40.9 Å². The van der Waals surface area contributed by atoms with E-state index >= 15 is 0 Å². The van der Waals surface area contributed by atoms with Crippen molar-refractivity contribution in [1.82, 2.24) is 0 Å². The molecule has 0 saturated heterocycles. The van der Waals surface area contributed by atoms with Crippen LogP contribution in [0.1, 0.15) is 20.8 Å². The summed E-state index contributed by atoms with van der Waals surface area (Å²) in [6.07, 6.45) is 2.46. The van der Waals surface area contributed by atoms with Crippen LogP contribution in [0.5, 0.6) is 23.0 Å². The molecule has 0 N–H and O–H groups in total. The Morgan fingerprint density at radius 1 is 0.515 bits per heavy atom. The molecule has 2 aliphatic heterocycles. The molecular formula is C18H15Br8O5PSi. The first-order valence-electron chi connectivity index (χ1n) is 9.60. The molecule has 0 unspecified atom stereocenters. The Balaban J connectivity index is 1.99.